The van der Waals surface area contributed by atoms with Crippen LogP contribution >= 0.6 is 11.3 Å². The minimum Gasteiger partial charge on any atom is -0.392 e. The largest absolute Gasteiger partial charge is 0.392 e. The maximum absolute atomic E-state index is 11.1. The monoisotopic (exact) mass is 741 g/mol. The molecule has 1 aromatic heterocycles. The van der Waals surface area contributed by atoms with Crippen LogP contribution < -0.4 is 0 Å². The Hall–Kier alpha value is -1.10. The molecular weight excluding hydrogens is 691 g/mol. The molecule has 2 aliphatic carbocycles. The number of aliphatic hydroxyl groups excluding tert-OH is 2. The summed E-state index contributed by atoms with van der Waals surface area (Å²) in [5.74, 6) is 4.85. The predicted molar refractivity (Wildman–Crippen MR) is 165 cm³/mol. The summed E-state index contributed by atoms with van der Waals surface area (Å²) in [6.07, 6.45) is 1.60. The molecule has 223 valence electrons. The maximum atomic E-state index is 11.1. The van der Waals surface area contributed by atoms with Crippen LogP contribution in [-0.2, 0) is 20.1 Å². The van der Waals surface area contributed by atoms with Crippen molar-refractivity contribution in [2.45, 2.75) is 80.4 Å². The molecule has 0 amide bonds. The number of fused-ring (bicyclic) bond motifs is 2. The SMILES string of the molecule is CC(C)C(C(C)C)[C@@H]1CC2C[C@H](C(C(C)C)C(C)C)C(O)C2C1O.[Ir].[c-]1ccccc1-c1nc2ccccc2s1. The van der Waals surface area contributed by atoms with E-state index in [0.717, 1.165) is 28.9 Å². The molecule has 3 aromatic rings. The Morgan fingerprint density at radius 2 is 1.25 bits per heavy atom. The number of thiazole rings is 1. The van der Waals surface area contributed by atoms with Gasteiger partial charge in [-0.1, -0.05) is 67.5 Å². The Labute approximate surface area is 260 Å². The number of rotatable bonds is 7. The van der Waals surface area contributed by atoms with E-state index in [9.17, 15) is 10.2 Å². The first kappa shape index (κ1) is 33.4. The molecule has 1 heterocycles. The Morgan fingerprint density at radius 1 is 0.750 bits per heavy atom. The molecule has 1 radical (unpaired) electrons. The van der Waals surface area contributed by atoms with Crippen molar-refractivity contribution in [3.63, 3.8) is 0 Å². The second-order valence-electron chi connectivity index (χ2n) is 13.5. The molecule has 0 bridgehead atoms. The van der Waals surface area contributed by atoms with Crippen molar-refractivity contribution in [3.8, 4) is 10.6 Å². The zero-order valence-corrected chi connectivity index (χ0v) is 28.8. The summed E-state index contributed by atoms with van der Waals surface area (Å²) in [6, 6.07) is 19.3. The third kappa shape index (κ3) is 7.09. The normalized spacial score (nSPS) is 26.2. The van der Waals surface area contributed by atoms with Gasteiger partial charge in [-0.25, -0.2) is 0 Å². The van der Waals surface area contributed by atoms with Crippen molar-refractivity contribution in [2.24, 2.45) is 59.2 Å². The summed E-state index contributed by atoms with van der Waals surface area (Å²) in [5, 5.41) is 23.3. The molecule has 2 aliphatic rings. The average Bonchev–Trinajstić information content (AvgIpc) is 3.53. The standard InChI is InChI=1S/C22H42O2.C13H8NS.Ir/c1-11(2)18(12(3)4)16-9-15-10-17(19(13(5)6)14(7)8)22(24)20(15)21(16)23;1-2-6-10(7-3-1)13-14-11-8-4-5-9-12(11)15-13;/h11-24H,9-10H2,1-8H3;1-6,8-9H;/q;-1;/t15?,16-,17+,20?,21?,22?;;. The van der Waals surface area contributed by atoms with Gasteiger partial charge >= 0.3 is 0 Å². The summed E-state index contributed by atoms with van der Waals surface area (Å²) in [7, 11) is 0. The molecule has 6 atom stereocenters. The van der Waals surface area contributed by atoms with Gasteiger partial charge in [-0.05, 0) is 78.2 Å². The summed E-state index contributed by atoms with van der Waals surface area (Å²) in [6.45, 7) is 18.3. The van der Waals surface area contributed by atoms with Crippen LogP contribution in [-0.4, -0.2) is 27.4 Å². The van der Waals surface area contributed by atoms with E-state index in [4.69, 9.17) is 0 Å². The fraction of sp³-hybridized carbons (Fsp3) is 0.629. The van der Waals surface area contributed by atoms with E-state index in [-0.39, 0.29) is 38.2 Å². The minimum atomic E-state index is -0.315. The van der Waals surface area contributed by atoms with E-state index in [1.807, 2.05) is 42.5 Å². The fourth-order valence-corrected chi connectivity index (χ4v) is 9.47. The van der Waals surface area contributed by atoms with Gasteiger partial charge in [0.05, 0.1) is 17.7 Å². The van der Waals surface area contributed by atoms with Crippen molar-refractivity contribution in [2.75, 3.05) is 0 Å². The average molecular weight is 741 g/mol. The molecule has 3 nitrogen and oxygen atoms in total. The van der Waals surface area contributed by atoms with Gasteiger partial charge in [-0.2, -0.15) is 11.3 Å². The quantitative estimate of drug-likeness (QED) is 0.239. The van der Waals surface area contributed by atoms with Crippen LogP contribution in [0.4, 0.5) is 0 Å². The van der Waals surface area contributed by atoms with Crippen molar-refractivity contribution in [3.05, 3.63) is 54.6 Å². The molecular formula is C35H50IrNO2S-. The number of aromatic nitrogens is 1. The van der Waals surface area contributed by atoms with Gasteiger partial charge in [0.1, 0.15) is 0 Å². The zero-order valence-electron chi connectivity index (χ0n) is 25.5. The Bertz CT molecular complexity index is 1090. The van der Waals surface area contributed by atoms with Gasteiger partial charge in [0.2, 0.25) is 0 Å². The second kappa shape index (κ2) is 14.4. The van der Waals surface area contributed by atoms with Crippen LogP contribution in [0.3, 0.4) is 0 Å². The van der Waals surface area contributed by atoms with Gasteiger partial charge in [0.25, 0.3) is 0 Å². The van der Waals surface area contributed by atoms with Gasteiger partial charge in [-0.15, -0.1) is 35.9 Å². The van der Waals surface area contributed by atoms with Gasteiger partial charge in [-0.3, -0.25) is 4.98 Å². The molecule has 5 rings (SSSR count). The summed E-state index contributed by atoms with van der Waals surface area (Å²) in [5.41, 5.74) is 2.13. The van der Waals surface area contributed by atoms with Gasteiger partial charge in [0, 0.05) is 35.7 Å². The fourth-order valence-electron chi connectivity index (χ4n) is 8.52. The third-order valence-electron chi connectivity index (χ3n) is 9.66. The topological polar surface area (TPSA) is 53.4 Å². The number of hydrogen-bond donors (Lipinski definition) is 2. The Balaban J connectivity index is 0.000000235. The number of nitrogens with zero attached hydrogens (tertiary/aromatic N) is 1. The number of benzene rings is 2. The van der Waals surface area contributed by atoms with E-state index < -0.39 is 0 Å². The number of hydrogen-bond acceptors (Lipinski definition) is 4. The summed E-state index contributed by atoms with van der Waals surface area (Å²) in [4.78, 5) is 4.57. The van der Waals surface area contributed by atoms with Crippen molar-refractivity contribution < 1.29 is 30.3 Å². The van der Waals surface area contributed by atoms with E-state index in [1.54, 1.807) is 11.3 Å². The zero-order chi connectivity index (χ0) is 28.4. The molecule has 5 heteroatoms. The first-order chi connectivity index (χ1) is 18.5. The van der Waals surface area contributed by atoms with Gasteiger partial charge in [0.15, 0.2) is 0 Å². The Kier molecular flexibility index (Phi) is 12.0. The second-order valence-corrected chi connectivity index (χ2v) is 14.5. The third-order valence-corrected chi connectivity index (χ3v) is 10.7. The smallest absolute Gasteiger partial charge is 0.0697 e. The predicted octanol–water partition coefficient (Wildman–Crippen LogP) is 8.60. The molecule has 0 saturated heterocycles. The van der Waals surface area contributed by atoms with E-state index >= 15 is 0 Å². The molecule has 4 unspecified atom stereocenters. The van der Waals surface area contributed by atoms with Crippen molar-refractivity contribution in [1.82, 2.24) is 4.98 Å². The van der Waals surface area contributed by atoms with Crippen LogP contribution in [0, 0.1) is 65.2 Å². The molecule has 2 aromatic carbocycles. The van der Waals surface area contributed by atoms with Crippen LogP contribution in [0.2, 0.25) is 0 Å². The van der Waals surface area contributed by atoms with Crippen molar-refractivity contribution >= 4 is 21.6 Å². The maximum Gasteiger partial charge on any atom is 0.0697 e. The van der Waals surface area contributed by atoms with Gasteiger partial charge < -0.3 is 10.2 Å². The summed E-state index contributed by atoms with van der Waals surface area (Å²) >= 11 is 1.71. The first-order valence-electron chi connectivity index (χ1n) is 15.2. The molecule has 2 fully saturated rings. The molecule has 40 heavy (non-hydrogen) atoms. The molecule has 2 N–H and O–H groups in total. The van der Waals surface area contributed by atoms with E-state index in [2.05, 4.69) is 72.5 Å². The van der Waals surface area contributed by atoms with Crippen LogP contribution in [0.1, 0.15) is 68.2 Å². The molecule has 0 aliphatic heterocycles. The van der Waals surface area contributed by atoms with Crippen LogP contribution in [0.15, 0.2) is 48.5 Å². The van der Waals surface area contributed by atoms with E-state index in [1.165, 1.54) is 4.70 Å². The molecule has 0 spiro atoms. The number of para-hydroxylation sites is 1. The molecule has 2 saturated carbocycles. The van der Waals surface area contributed by atoms with Crippen LogP contribution in [0.5, 0.6) is 0 Å². The Morgan fingerprint density at radius 3 is 1.68 bits per heavy atom. The van der Waals surface area contributed by atoms with Crippen molar-refractivity contribution in [1.29, 1.82) is 0 Å². The minimum absolute atomic E-state index is 0. The number of aliphatic hydroxyl groups is 2. The van der Waals surface area contributed by atoms with Crippen LogP contribution in [0.25, 0.3) is 20.8 Å². The summed E-state index contributed by atoms with van der Waals surface area (Å²) < 4.78 is 1.23. The van der Waals surface area contributed by atoms with E-state index in [0.29, 0.717) is 53.3 Å². The first-order valence-corrected chi connectivity index (χ1v) is 16.0.